The number of hydrogen-bond acceptors (Lipinski definition) is 3. The van der Waals surface area contributed by atoms with Gasteiger partial charge in [-0.1, -0.05) is 36.8 Å². The van der Waals surface area contributed by atoms with Gasteiger partial charge in [0.05, 0.1) is 23.3 Å². The minimum absolute atomic E-state index is 0.0801. The first kappa shape index (κ1) is 28.0. The van der Waals surface area contributed by atoms with Crippen LogP contribution in [0.2, 0.25) is 0 Å². The third-order valence-electron chi connectivity index (χ3n) is 6.51. The van der Waals surface area contributed by atoms with Crippen molar-refractivity contribution in [3.05, 3.63) is 70.8 Å². The zero-order chi connectivity index (χ0) is 26.5. The van der Waals surface area contributed by atoms with Crippen molar-refractivity contribution < 1.29 is 35.9 Å². The molecule has 2 aromatic carbocycles. The molecule has 2 aromatic rings. The van der Waals surface area contributed by atoms with E-state index in [2.05, 4.69) is 5.32 Å². The summed E-state index contributed by atoms with van der Waals surface area (Å²) < 4.78 is 84.4. The van der Waals surface area contributed by atoms with E-state index in [1.807, 2.05) is 30.3 Å². The number of carbonyl (C=O) groups excluding carboxylic acids is 1. The van der Waals surface area contributed by atoms with Crippen molar-refractivity contribution in [2.24, 2.45) is 5.73 Å². The molecule has 0 radical (unpaired) electrons. The molecule has 0 bridgehead atoms. The van der Waals surface area contributed by atoms with Gasteiger partial charge in [0.1, 0.15) is 0 Å². The first-order valence-corrected chi connectivity index (χ1v) is 11.9. The fourth-order valence-corrected chi connectivity index (χ4v) is 4.58. The van der Waals surface area contributed by atoms with Gasteiger partial charge in [0.15, 0.2) is 0 Å². The number of benzene rings is 2. The number of hydrogen-bond donors (Lipinski definition) is 2. The number of ether oxygens (including phenoxy) is 1. The monoisotopic (exact) mass is 516 g/mol. The molecule has 0 aromatic heterocycles. The van der Waals surface area contributed by atoms with Gasteiger partial charge in [-0.3, -0.25) is 4.79 Å². The zero-order valence-electron chi connectivity index (χ0n) is 19.8. The summed E-state index contributed by atoms with van der Waals surface area (Å²) in [5, 5.41) is 2.74. The number of halogens is 6. The molecule has 1 aliphatic carbocycles. The number of amides is 1. The normalized spacial score (nSPS) is 23.1. The average Bonchev–Trinajstić information content (AvgIpc) is 3.47. The molecule has 36 heavy (non-hydrogen) atoms. The Balaban J connectivity index is 0.000000383. The summed E-state index contributed by atoms with van der Waals surface area (Å²) >= 11 is 0. The SMILES string of the molecule is C[C@@H](O[C@H]1CCCC1c1ccccc1)c1cc(C(F)(F)F)cc(C(F)(F)F)c1.NCC1CCC(=O)N1. The molecule has 1 saturated heterocycles. The molecular formula is C26H30F6N2O2. The van der Waals surface area contributed by atoms with Crippen LogP contribution in [0, 0.1) is 0 Å². The van der Waals surface area contributed by atoms with Gasteiger partial charge in [0, 0.05) is 24.9 Å². The molecular weight excluding hydrogens is 486 g/mol. The minimum Gasteiger partial charge on any atom is -0.370 e. The topological polar surface area (TPSA) is 64.3 Å². The Bertz CT molecular complexity index is 977. The van der Waals surface area contributed by atoms with Gasteiger partial charge in [0.25, 0.3) is 0 Å². The summed E-state index contributed by atoms with van der Waals surface area (Å²) in [6, 6.07) is 11.5. The summed E-state index contributed by atoms with van der Waals surface area (Å²) in [4.78, 5) is 10.4. The highest BCUT2D eigenvalue weighted by Gasteiger charge is 2.38. The fraction of sp³-hybridized carbons (Fsp3) is 0.500. The lowest BCUT2D eigenvalue weighted by molar-refractivity contribution is -0.143. The molecule has 0 spiro atoms. The van der Waals surface area contributed by atoms with Crippen molar-refractivity contribution >= 4 is 5.91 Å². The van der Waals surface area contributed by atoms with Crippen LogP contribution in [-0.2, 0) is 21.9 Å². The minimum atomic E-state index is -4.87. The lowest BCUT2D eigenvalue weighted by atomic mass is 9.95. The molecule has 1 saturated carbocycles. The third kappa shape index (κ3) is 7.46. The van der Waals surface area contributed by atoms with Crippen LogP contribution in [0.25, 0.3) is 0 Å². The van der Waals surface area contributed by atoms with E-state index in [-0.39, 0.29) is 35.6 Å². The molecule has 4 nitrogen and oxygen atoms in total. The van der Waals surface area contributed by atoms with Gasteiger partial charge in [0.2, 0.25) is 5.91 Å². The number of alkyl halides is 6. The summed E-state index contributed by atoms with van der Waals surface area (Å²) in [7, 11) is 0. The number of nitrogens with two attached hydrogens (primary N) is 1. The van der Waals surface area contributed by atoms with Crippen LogP contribution in [-0.4, -0.2) is 24.6 Å². The van der Waals surface area contributed by atoms with Crippen molar-refractivity contribution in [3.63, 3.8) is 0 Å². The van der Waals surface area contributed by atoms with Crippen molar-refractivity contribution in [1.82, 2.24) is 5.32 Å². The average molecular weight is 517 g/mol. The lowest BCUT2D eigenvalue weighted by Crippen LogP contribution is -2.32. The molecule has 2 aliphatic rings. The van der Waals surface area contributed by atoms with Gasteiger partial charge in [-0.25, -0.2) is 0 Å². The largest absolute Gasteiger partial charge is 0.416 e. The van der Waals surface area contributed by atoms with Gasteiger partial charge in [-0.15, -0.1) is 0 Å². The summed E-state index contributed by atoms with van der Waals surface area (Å²) in [6.07, 6.45) is -6.82. The van der Waals surface area contributed by atoms with Crippen LogP contribution >= 0.6 is 0 Å². The Kier molecular flexibility index (Phi) is 9.05. The quantitative estimate of drug-likeness (QED) is 0.455. The maximum Gasteiger partial charge on any atom is 0.416 e. The molecule has 198 valence electrons. The molecule has 1 heterocycles. The maximum atomic E-state index is 13.1. The molecule has 2 unspecified atom stereocenters. The van der Waals surface area contributed by atoms with Crippen molar-refractivity contribution in [2.75, 3.05) is 6.54 Å². The Morgan fingerprint density at radius 1 is 0.972 bits per heavy atom. The second-order valence-electron chi connectivity index (χ2n) is 9.14. The standard InChI is InChI=1S/C21H20F6O.C5H10N2O/c1-13(28-19-9-5-8-18(19)14-6-3-2-4-7-14)15-10-16(20(22,23)24)12-17(11-15)21(25,26)27;6-3-4-1-2-5(8)7-4/h2-4,6-7,10-13,18-19H,5,8-9H2,1H3;4H,1-3,6H2,(H,7,8)/t13-,18?,19+;/m1./s1. The number of rotatable bonds is 5. The molecule has 4 rings (SSSR count). The van der Waals surface area contributed by atoms with E-state index < -0.39 is 29.6 Å². The summed E-state index contributed by atoms with van der Waals surface area (Å²) in [5.41, 5.74) is 3.58. The molecule has 4 atom stereocenters. The smallest absolute Gasteiger partial charge is 0.370 e. The van der Waals surface area contributed by atoms with E-state index in [9.17, 15) is 31.1 Å². The Morgan fingerprint density at radius 3 is 2.06 bits per heavy atom. The first-order chi connectivity index (χ1) is 16.9. The Hall–Kier alpha value is -2.59. The van der Waals surface area contributed by atoms with E-state index in [1.165, 1.54) is 6.92 Å². The Labute approximate surface area is 206 Å². The van der Waals surface area contributed by atoms with E-state index >= 15 is 0 Å². The predicted molar refractivity (Wildman–Crippen MR) is 123 cm³/mol. The van der Waals surface area contributed by atoms with E-state index in [0.29, 0.717) is 13.0 Å². The van der Waals surface area contributed by atoms with Crippen molar-refractivity contribution in [1.29, 1.82) is 0 Å². The number of nitrogens with one attached hydrogen (secondary N) is 1. The second-order valence-corrected chi connectivity index (χ2v) is 9.14. The lowest BCUT2D eigenvalue weighted by Gasteiger charge is -2.26. The molecule has 3 N–H and O–H groups in total. The third-order valence-corrected chi connectivity index (χ3v) is 6.51. The van der Waals surface area contributed by atoms with Crippen LogP contribution < -0.4 is 11.1 Å². The van der Waals surface area contributed by atoms with Gasteiger partial charge < -0.3 is 15.8 Å². The van der Waals surface area contributed by atoms with Crippen LogP contribution in [0.15, 0.2) is 48.5 Å². The van der Waals surface area contributed by atoms with Gasteiger partial charge in [-0.05, 0) is 55.5 Å². The number of carbonyl (C=O) groups is 1. The Morgan fingerprint density at radius 2 is 1.58 bits per heavy atom. The summed E-state index contributed by atoms with van der Waals surface area (Å²) in [5.74, 6) is 0.219. The highest BCUT2D eigenvalue weighted by atomic mass is 19.4. The van der Waals surface area contributed by atoms with Gasteiger partial charge >= 0.3 is 12.4 Å². The van der Waals surface area contributed by atoms with E-state index in [4.69, 9.17) is 10.5 Å². The first-order valence-electron chi connectivity index (χ1n) is 11.9. The highest BCUT2D eigenvalue weighted by molar-refractivity contribution is 5.78. The second kappa shape index (κ2) is 11.6. The van der Waals surface area contributed by atoms with Crippen LogP contribution in [0.5, 0.6) is 0 Å². The van der Waals surface area contributed by atoms with Crippen molar-refractivity contribution in [3.8, 4) is 0 Å². The van der Waals surface area contributed by atoms with Gasteiger partial charge in [-0.2, -0.15) is 26.3 Å². The molecule has 2 fully saturated rings. The predicted octanol–water partition coefficient (Wildman–Crippen LogP) is 6.36. The maximum absolute atomic E-state index is 13.1. The molecule has 10 heteroatoms. The van der Waals surface area contributed by atoms with Crippen LogP contribution in [0.1, 0.15) is 73.3 Å². The fourth-order valence-electron chi connectivity index (χ4n) is 4.58. The molecule has 1 amide bonds. The highest BCUT2D eigenvalue weighted by Crippen LogP contribution is 2.41. The van der Waals surface area contributed by atoms with E-state index in [1.54, 1.807) is 0 Å². The zero-order valence-corrected chi connectivity index (χ0v) is 19.8. The van der Waals surface area contributed by atoms with Crippen LogP contribution in [0.4, 0.5) is 26.3 Å². The summed E-state index contributed by atoms with van der Waals surface area (Å²) in [6.45, 7) is 2.07. The molecule has 1 aliphatic heterocycles. The van der Waals surface area contributed by atoms with E-state index in [0.717, 1.165) is 43.4 Å². The van der Waals surface area contributed by atoms with Crippen LogP contribution in [0.3, 0.4) is 0 Å². The van der Waals surface area contributed by atoms with Crippen molar-refractivity contribution in [2.45, 2.75) is 75.5 Å².